The monoisotopic (exact) mass is 739 g/mol. The predicted molar refractivity (Wildman–Crippen MR) is 159 cm³/mol. The topological polar surface area (TPSA) is 147 Å². The molecule has 278 valence electrons. The minimum atomic E-state index is -5.13. The van der Waals surface area contributed by atoms with Crippen molar-refractivity contribution in [2.75, 3.05) is 30.0 Å². The molecule has 0 saturated carbocycles. The zero-order valence-corrected chi connectivity index (χ0v) is 26.5. The van der Waals surface area contributed by atoms with E-state index in [1.165, 1.54) is 0 Å². The summed E-state index contributed by atoms with van der Waals surface area (Å²) in [5.74, 6) is -1.65. The average molecular weight is 740 g/mol. The molecule has 0 unspecified atom stereocenters. The first-order valence-electron chi connectivity index (χ1n) is 15.2. The molecule has 0 spiro atoms. The lowest BCUT2D eigenvalue weighted by Gasteiger charge is -2.39. The molecule has 20 heteroatoms. The molecule has 51 heavy (non-hydrogen) atoms. The van der Waals surface area contributed by atoms with Gasteiger partial charge < -0.3 is 25.0 Å². The van der Waals surface area contributed by atoms with Gasteiger partial charge in [-0.1, -0.05) is 6.92 Å². The van der Waals surface area contributed by atoms with Crippen LogP contribution in [0.25, 0.3) is 0 Å². The second-order valence-corrected chi connectivity index (χ2v) is 11.2. The number of alkyl halides is 9. The summed E-state index contributed by atoms with van der Waals surface area (Å²) in [6.07, 6.45) is -15.9. The summed E-state index contributed by atoms with van der Waals surface area (Å²) in [5, 5.41) is 20.9. The number of anilines is 2. The van der Waals surface area contributed by atoms with Gasteiger partial charge in [-0.2, -0.15) is 39.5 Å². The summed E-state index contributed by atoms with van der Waals surface area (Å²) in [7, 11) is 0. The lowest BCUT2D eigenvalue weighted by Crippen LogP contribution is -2.46. The Morgan fingerprint density at radius 3 is 2.20 bits per heavy atom. The van der Waals surface area contributed by atoms with E-state index in [0.717, 1.165) is 17.2 Å². The molecule has 2 atom stereocenters. The summed E-state index contributed by atoms with van der Waals surface area (Å²) in [6.45, 7) is 0.520. The van der Waals surface area contributed by atoms with Gasteiger partial charge in [0.15, 0.2) is 5.75 Å². The standard InChI is InChI=1S/C31H30F9N5O6/c1-2-19-14-21(26-22(5-6-24(44-26)31(38,39)40)45(19)28(49)51-8-3-4-25(47)48)43-27-41-15-23(50-9-7-46)20(42-27)12-16-10-17(29(32,33)34)13-18(11-16)30(35,36)37/h5-6,10-11,13,15,19,21,46H,2-4,7-9,12,14H2,1H3,(H,47,48)(H,41,42,43)/t19-,21+/m1/s1. The lowest BCUT2D eigenvalue weighted by atomic mass is 9.93. The molecule has 3 aromatic rings. The van der Waals surface area contributed by atoms with Crippen molar-refractivity contribution in [2.24, 2.45) is 0 Å². The Morgan fingerprint density at radius 2 is 1.63 bits per heavy atom. The van der Waals surface area contributed by atoms with Crippen molar-refractivity contribution in [2.45, 2.75) is 69.6 Å². The average Bonchev–Trinajstić information content (AvgIpc) is 3.04. The third kappa shape index (κ3) is 9.89. The first kappa shape index (κ1) is 38.9. The quantitative estimate of drug-likeness (QED) is 0.131. The summed E-state index contributed by atoms with van der Waals surface area (Å²) in [6, 6.07) is 0.809. The Hall–Kier alpha value is -4.88. The normalized spacial score (nSPS) is 16.4. The third-order valence-electron chi connectivity index (χ3n) is 7.58. The molecule has 1 aliphatic rings. The van der Waals surface area contributed by atoms with Crippen LogP contribution in [0.1, 0.15) is 72.4 Å². The highest BCUT2D eigenvalue weighted by atomic mass is 19.4. The van der Waals surface area contributed by atoms with Gasteiger partial charge in [-0.15, -0.1) is 0 Å². The summed E-state index contributed by atoms with van der Waals surface area (Å²) >= 11 is 0. The summed E-state index contributed by atoms with van der Waals surface area (Å²) in [5.41, 5.74) is -5.49. The van der Waals surface area contributed by atoms with Crippen molar-refractivity contribution in [1.82, 2.24) is 15.0 Å². The van der Waals surface area contributed by atoms with Crippen molar-refractivity contribution in [3.63, 3.8) is 0 Å². The zero-order chi connectivity index (χ0) is 37.7. The Morgan fingerprint density at radius 1 is 0.961 bits per heavy atom. The number of carboxylic acid groups (broad SMARTS) is 1. The highest BCUT2D eigenvalue weighted by molar-refractivity contribution is 5.90. The number of nitrogens with zero attached hydrogens (tertiary/aromatic N) is 4. The van der Waals surface area contributed by atoms with Gasteiger partial charge in [-0.05, 0) is 55.2 Å². The molecule has 3 N–H and O–H groups in total. The van der Waals surface area contributed by atoms with E-state index in [1.807, 2.05) is 0 Å². The molecule has 4 rings (SSSR count). The van der Waals surface area contributed by atoms with Crippen molar-refractivity contribution < 1.29 is 68.8 Å². The molecular weight excluding hydrogens is 709 g/mol. The number of hydrogen-bond donors (Lipinski definition) is 3. The van der Waals surface area contributed by atoms with Gasteiger partial charge >= 0.3 is 30.6 Å². The number of aliphatic carboxylic acids is 1. The van der Waals surface area contributed by atoms with E-state index < -0.39 is 78.1 Å². The molecule has 0 saturated heterocycles. The fourth-order valence-corrected chi connectivity index (χ4v) is 5.30. The Kier molecular flexibility index (Phi) is 11.9. The highest BCUT2D eigenvalue weighted by Crippen LogP contribution is 2.42. The number of aliphatic hydroxyl groups excluding tert-OH is 1. The highest BCUT2D eigenvalue weighted by Gasteiger charge is 2.41. The molecule has 3 heterocycles. The van der Waals surface area contributed by atoms with Crippen LogP contribution < -0.4 is 15.0 Å². The van der Waals surface area contributed by atoms with Crippen LogP contribution in [-0.4, -0.2) is 63.1 Å². The number of pyridine rings is 1. The van der Waals surface area contributed by atoms with Crippen molar-refractivity contribution in [3.05, 3.63) is 70.3 Å². The smallest absolute Gasteiger partial charge is 0.433 e. The maximum absolute atomic E-state index is 13.8. The number of fused-ring (bicyclic) bond motifs is 1. The predicted octanol–water partition coefficient (Wildman–Crippen LogP) is 7.03. The first-order chi connectivity index (χ1) is 23.8. The minimum absolute atomic E-state index is 0.0241. The number of aliphatic hydroxyl groups is 1. The van der Waals surface area contributed by atoms with Crippen molar-refractivity contribution in [3.8, 4) is 5.75 Å². The molecule has 0 fully saturated rings. The van der Waals surface area contributed by atoms with Gasteiger partial charge in [0.2, 0.25) is 5.95 Å². The van der Waals surface area contributed by atoms with Crippen LogP contribution in [0.3, 0.4) is 0 Å². The Labute approximate surface area is 283 Å². The molecule has 1 amide bonds. The molecule has 1 aromatic carbocycles. The van der Waals surface area contributed by atoms with E-state index in [4.69, 9.17) is 14.6 Å². The number of amides is 1. The number of carbonyl (C=O) groups is 2. The van der Waals surface area contributed by atoms with Gasteiger partial charge in [0.05, 0.1) is 53.7 Å². The van der Waals surface area contributed by atoms with Crippen LogP contribution in [-0.2, 0) is 34.5 Å². The van der Waals surface area contributed by atoms with Crippen LogP contribution in [0.5, 0.6) is 5.75 Å². The number of nitrogens with one attached hydrogen (secondary N) is 1. The van der Waals surface area contributed by atoms with E-state index in [-0.39, 0.29) is 73.7 Å². The fraction of sp³-hybridized carbons (Fsp3) is 0.452. The number of aromatic nitrogens is 3. The largest absolute Gasteiger partial charge is 0.488 e. The number of ether oxygens (including phenoxy) is 2. The Bertz CT molecular complexity index is 1690. The molecule has 1 aliphatic heterocycles. The second kappa shape index (κ2) is 15.6. The second-order valence-electron chi connectivity index (χ2n) is 11.2. The van der Waals surface area contributed by atoms with Crippen LogP contribution in [0, 0.1) is 0 Å². The van der Waals surface area contributed by atoms with Gasteiger partial charge in [0.1, 0.15) is 12.3 Å². The van der Waals surface area contributed by atoms with Gasteiger partial charge in [0, 0.05) is 18.9 Å². The third-order valence-corrected chi connectivity index (χ3v) is 7.58. The van der Waals surface area contributed by atoms with Crippen molar-refractivity contribution in [1.29, 1.82) is 0 Å². The first-order valence-corrected chi connectivity index (χ1v) is 15.2. The fourth-order valence-electron chi connectivity index (χ4n) is 5.30. The SMILES string of the molecule is CC[C@@H]1C[C@H](Nc2ncc(OCCO)c(Cc3cc(C(F)(F)F)cc(C(F)(F)F)c3)n2)c2nc(C(F)(F)F)ccc2N1C(=O)OCCCC(=O)O. The maximum atomic E-state index is 13.8. The van der Waals surface area contributed by atoms with E-state index in [9.17, 15) is 54.2 Å². The van der Waals surface area contributed by atoms with Gasteiger partial charge in [-0.25, -0.2) is 19.7 Å². The number of carbonyl (C=O) groups excluding carboxylic acids is 1. The summed E-state index contributed by atoms with van der Waals surface area (Å²) < 4.78 is 133. The van der Waals surface area contributed by atoms with Crippen LogP contribution in [0.15, 0.2) is 36.5 Å². The van der Waals surface area contributed by atoms with E-state index in [1.54, 1.807) is 6.92 Å². The minimum Gasteiger partial charge on any atom is -0.488 e. The van der Waals surface area contributed by atoms with E-state index >= 15 is 0 Å². The number of carboxylic acids is 1. The lowest BCUT2D eigenvalue weighted by molar-refractivity contribution is -0.143. The summed E-state index contributed by atoms with van der Waals surface area (Å²) in [4.78, 5) is 37.1. The van der Waals surface area contributed by atoms with Gasteiger partial charge in [-0.3, -0.25) is 9.69 Å². The van der Waals surface area contributed by atoms with Crippen LogP contribution in [0.2, 0.25) is 0 Å². The van der Waals surface area contributed by atoms with Crippen LogP contribution in [0.4, 0.5) is 55.9 Å². The van der Waals surface area contributed by atoms with E-state index in [0.29, 0.717) is 18.2 Å². The van der Waals surface area contributed by atoms with Gasteiger partial charge in [0.25, 0.3) is 0 Å². The number of hydrogen-bond acceptors (Lipinski definition) is 9. The molecule has 11 nitrogen and oxygen atoms in total. The molecule has 2 aromatic heterocycles. The molecule has 0 aliphatic carbocycles. The maximum Gasteiger partial charge on any atom is 0.433 e. The van der Waals surface area contributed by atoms with E-state index in [2.05, 4.69) is 20.3 Å². The molecule has 0 bridgehead atoms. The molecule has 0 radical (unpaired) electrons. The van der Waals surface area contributed by atoms with Crippen LogP contribution >= 0.6 is 0 Å². The van der Waals surface area contributed by atoms with Crippen molar-refractivity contribution >= 4 is 23.7 Å². The number of rotatable bonds is 12. The Balaban J connectivity index is 1.74. The number of halogens is 9. The zero-order valence-electron chi connectivity index (χ0n) is 26.5. The molecular formula is C31H30F9N5O6. The number of benzene rings is 1.